The average Bonchev–Trinajstić information content (AvgIpc) is 3.38. The van der Waals surface area contributed by atoms with Crippen molar-refractivity contribution in [3.05, 3.63) is 22.5 Å². The van der Waals surface area contributed by atoms with Gasteiger partial charge in [0.1, 0.15) is 0 Å². The molecule has 2 aliphatic rings. The van der Waals surface area contributed by atoms with Crippen molar-refractivity contribution in [3.63, 3.8) is 0 Å². The molecular weight excluding hydrogens is 316 g/mol. The van der Waals surface area contributed by atoms with Gasteiger partial charge in [0.2, 0.25) is 0 Å². The third-order valence-electron chi connectivity index (χ3n) is 5.51. The van der Waals surface area contributed by atoms with Crippen molar-refractivity contribution in [2.45, 2.75) is 72.0 Å². The summed E-state index contributed by atoms with van der Waals surface area (Å²) in [6.07, 6.45) is 6.00. The van der Waals surface area contributed by atoms with Gasteiger partial charge >= 0.3 is 0 Å². The zero-order chi connectivity index (χ0) is 18.1. The van der Waals surface area contributed by atoms with Gasteiger partial charge in [-0.15, -0.1) is 0 Å². The number of nitrogens with one attached hydrogen (secondary N) is 1. The minimum absolute atomic E-state index is 0.0293. The highest BCUT2D eigenvalue weighted by Crippen LogP contribution is 2.37. The van der Waals surface area contributed by atoms with E-state index in [2.05, 4.69) is 11.9 Å². The van der Waals surface area contributed by atoms with Gasteiger partial charge in [-0.25, -0.2) is 0 Å². The summed E-state index contributed by atoms with van der Waals surface area (Å²) in [6.45, 7) is 8.78. The van der Waals surface area contributed by atoms with Gasteiger partial charge in [0, 0.05) is 25.7 Å². The summed E-state index contributed by atoms with van der Waals surface area (Å²) in [7, 11) is 0. The molecule has 0 radical (unpaired) electrons. The monoisotopic (exact) mass is 346 g/mol. The molecular formula is C20H30N2O3. The van der Waals surface area contributed by atoms with Crippen LogP contribution in [-0.4, -0.2) is 46.9 Å². The molecule has 2 fully saturated rings. The number of aryl methyl sites for hydroxylation is 1. The van der Waals surface area contributed by atoms with Gasteiger partial charge in [0.25, 0.3) is 5.91 Å². The number of ketones is 1. The van der Waals surface area contributed by atoms with Crippen molar-refractivity contribution in [1.29, 1.82) is 0 Å². The zero-order valence-electron chi connectivity index (χ0n) is 15.9. The number of H-pyrrole nitrogens is 1. The average molecular weight is 346 g/mol. The van der Waals surface area contributed by atoms with E-state index in [1.807, 2.05) is 18.7 Å². The summed E-state index contributed by atoms with van der Waals surface area (Å²) in [5.74, 6) is 0.619. The molecule has 3 rings (SSSR count). The van der Waals surface area contributed by atoms with E-state index < -0.39 is 0 Å². The highest BCUT2D eigenvalue weighted by molar-refractivity contribution is 6.02. The number of morpholine rings is 1. The smallest absolute Gasteiger partial charge is 0.256 e. The van der Waals surface area contributed by atoms with Crippen LogP contribution in [0.15, 0.2) is 0 Å². The standard InChI is InChI=1S/C20H30N2O3/c1-5-6-7-16-10-22(11-17(25-16)15-8-9-15)20(24)18-12(2)19(14(4)23)21-13(18)3/h15-17,21H,5-11H2,1-4H3/t16-,17-/m1/s1. The van der Waals surface area contributed by atoms with E-state index in [9.17, 15) is 9.59 Å². The molecule has 0 spiro atoms. The molecule has 1 aromatic rings. The number of amides is 1. The predicted molar refractivity (Wildman–Crippen MR) is 97.1 cm³/mol. The van der Waals surface area contributed by atoms with Gasteiger partial charge in [-0.3, -0.25) is 9.59 Å². The maximum atomic E-state index is 13.2. The fraction of sp³-hybridized carbons (Fsp3) is 0.700. The van der Waals surface area contributed by atoms with Crippen LogP contribution in [0, 0.1) is 19.8 Å². The molecule has 2 atom stereocenters. The van der Waals surface area contributed by atoms with E-state index in [-0.39, 0.29) is 23.9 Å². The molecule has 1 aromatic heterocycles. The molecule has 0 aromatic carbocycles. The van der Waals surface area contributed by atoms with Gasteiger partial charge in [-0.2, -0.15) is 0 Å². The Morgan fingerprint density at radius 1 is 1.24 bits per heavy atom. The van der Waals surface area contributed by atoms with E-state index in [1.165, 1.54) is 19.8 Å². The van der Waals surface area contributed by atoms with E-state index in [4.69, 9.17) is 4.74 Å². The number of rotatable bonds is 6. The van der Waals surface area contributed by atoms with Gasteiger partial charge in [-0.05, 0) is 44.6 Å². The van der Waals surface area contributed by atoms with Crippen molar-refractivity contribution >= 4 is 11.7 Å². The quantitative estimate of drug-likeness (QED) is 0.800. The SMILES string of the molecule is CCCC[C@@H]1CN(C(=O)c2c(C)[nH]c(C(C)=O)c2C)C[C@H](C2CC2)O1. The molecule has 1 aliphatic carbocycles. The first-order valence-corrected chi connectivity index (χ1v) is 9.57. The summed E-state index contributed by atoms with van der Waals surface area (Å²) in [4.78, 5) is 30.1. The number of hydrogen-bond acceptors (Lipinski definition) is 3. The first-order valence-electron chi connectivity index (χ1n) is 9.57. The lowest BCUT2D eigenvalue weighted by atomic mass is 10.0. The Hall–Kier alpha value is -1.62. The molecule has 1 N–H and O–H groups in total. The molecule has 0 bridgehead atoms. The minimum atomic E-state index is -0.0293. The van der Waals surface area contributed by atoms with Crippen molar-refractivity contribution in [1.82, 2.24) is 9.88 Å². The molecule has 1 saturated heterocycles. The number of nitrogens with zero attached hydrogens (tertiary/aromatic N) is 1. The highest BCUT2D eigenvalue weighted by Gasteiger charge is 2.40. The Labute approximate surface area is 150 Å². The molecule has 2 heterocycles. The van der Waals surface area contributed by atoms with Gasteiger partial charge in [0.05, 0.1) is 23.5 Å². The van der Waals surface area contributed by atoms with Crippen LogP contribution in [0.1, 0.15) is 78.1 Å². The molecule has 25 heavy (non-hydrogen) atoms. The third-order valence-corrected chi connectivity index (χ3v) is 5.51. The van der Waals surface area contributed by atoms with Gasteiger partial charge in [0.15, 0.2) is 5.78 Å². The van der Waals surface area contributed by atoms with Crippen LogP contribution in [0.5, 0.6) is 0 Å². The van der Waals surface area contributed by atoms with Crippen LogP contribution >= 0.6 is 0 Å². The van der Waals surface area contributed by atoms with Crippen LogP contribution in [0.25, 0.3) is 0 Å². The van der Waals surface area contributed by atoms with Crippen LogP contribution in [0.3, 0.4) is 0 Å². The summed E-state index contributed by atoms with van der Waals surface area (Å²) in [5, 5.41) is 0. The largest absolute Gasteiger partial charge is 0.371 e. The summed E-state index contributed by atoms with van der Waals surface area (Å²) in [5.41, 5.74) is 2.77. The predicted octanol–water partition coefficient (Wildman–Crippen LogP) is 3.64. The molecule has 5 nitrogen and oxygen atoms in total. The van der Waals surface area contributed by atoms with Gasteiger partial charge in [-0.1, -0.05) is 19.8 Å². The molecule has 0 unspecified atom stereocenters. The number of ether oxygens (including phenoxy) is 1. The minimum Gasteiger partial charge on any atom is -0.371 e. The lowest BCUT2D eigenvalue weighted by Gasteiger charge is -2.38. The Morgan fingerprint density at radius 2 is 1.96 bits per heavy atom. The molecule has 138 valence electrons. The van der Waals surface area contributed by atoms with E-state index in [0.717, 1.165) is 30.5 Å². The normalized spacial score (nSPS) is 23.8. The van der Waals surface area contributed by atoms with Crippen LogP contribution in [0.4, 0.5) is 0 Å². The van der Waals surface area contributed by atoms with Crippen LogP contribution < -0.4 is 0 Å². The highest BCUT2D eigenvalue weighted by atomic mass is 16.5. The third kappa shape index (κ3) is 3.81. The van der Waals surface area contributed by atoms with Crippen LogP contribution in [-0.2, 0) is 4.74 Å². The van der Waals surface area contributed by atoms with Crippen LogP contribution in [0.2, 0.25) is 0 Å². The second-order valence-electron chi connectivity index (χ2n) is 7.67. The number of hydrogen-bond donors (Lipinski definition) is 1. The van der Waals surface area contributed by atoms with E-state index in [0.29, 0.717) is 30.3 Å². The summed E-state index contributed by atoms with van der Waals surface area (Å²) < 4.78 is 6.28. The second-order valence-corrected chi connectivity index (χ2v) is 7.67. The Kier molecular flexibility index (Phi) is 5.32. The Morgan fingerprint density at radius 3 is 2.52 bits per heavy atom. The Balaban J connectivity index is 1.81. The van der Waals surface area contributed by atoms with Crippen molar-refractivity contribution in [3.8, 4) is 0 Å². The lowest BCUT2D eigenvalue weighted by Crippen LogP contribution is -2.51. The van der Waals surface area contributed by atoms with Crippen molar-refractivity contribution < 1.29 is 14.3 Å². The first kappa shape index (κ1) is 18.2. The summed E-state index contributed by atoms with van der Waals surface area (Å²) >= 11 is 0. The number of carbonyl (C=O) groups is 2. The molecule has 1 saturated carbocycles. The zero-order valence-corrected chi connectivity index (χ0v) is 15.9. The number of aromatic nitrogens is 1. The van der Waals surface area contributed by atoms with E-state index in [1.54, 1.807) is 0 Å². The first-order chi connectivity index (χ1) is 11.9. The van der Waals surface area contributed by atoms with E-state index >= 15 is 0 Å². The Bertz CT molecular complexity index is 660. The molecule has 5 heteroatoms. The number of unbranched alkanes of at least 4 members (excludes halogenated alkanes) is 1. The van der Waals surface area contributed by atoms with Crippen molar-refractivity contribution in [2.24, 2.45) is 5.92 Å². The number of carbonyl (C=O) groups excluding carboxylic acids is 2. The number of aromatic amines is 1. The number of Topliss-reactive ketones (excluding diaryl/α,β-unsaturated/α-hetero) is 1. The van der Waals surface area contributed by atoms with Gasteiger partial charge < -0.3 is 14.6 Å². The topological polar surface area (TPSA) is 62.4 Å². The van der Waals surface area contributed by atoms with Crippen molar-refractivity contribution in [2.75, 3.05) is 13.1 Å². The fourth-order valence-electron chi connectivity index (χ4n) is 3.94. The molecule has 1 aliphatic heterocycles. The lowest BCUT2D eigenvalue weighted by molar-refractivity contribution is -0.0874. The summed E-state index contributed by atoms with van der Waals surface area (Å²) in [6, 6.07) is 0. The molecule has 1 amide bonds. The fourth-order valence-corrected chi connectivity index (χ4v) is 3.94. The maximum Gasteiger partial charge on any atom is 0.256 e. The maximum absolute atomic E-state index is 13.2. The second kappa shape index (κ2) is 7.32.